The van der Waals surface area contributed by atoms with Gasteiger partial charge in [0.2, 0.25) is 0 Å². The van der Waals surface area contributed by atoms with Crippen molar-refractivity contribution in [3.8, 4) is 0 Å². The molecule has 0 amide bonds. The molecule has 1 aliphatic rings. The second-order valence-electron chi connectivity index (χ2n) is 4.97. The molecule has 0 saturated heterocycles. The number of nitrogens with two attached hydrogens (primary N) is 1. The first-order chi connectivity index (χ1) is 7.18. The zero-order chi connectivity index (χ0) is 10.8. The van der Waals surface area contributed by atoms with Gasteiger partial charge in [-0.15, -0.1) is 0 Å². The van der Waals surface area contributed by atoms with Gasteiger partial charge in [0.05, 0.1) is 6.20 Å². The lowest BCUT2D eigenvalue weighted by Gasteiger charge is -2.11. The van der Waals surface area contributed by atoms with Crippen LogP contribution in [0.25, 0.3) is 0 Å². The van der Waals surface area contributed by atoms with Crippen LogP contribution in [0.5, 0.6) is 0 Å². The number of nitrogens with zero attached hydrogens (tertiary/aromatic N) is 2. The molecular formula is C12H21N3. The molecule has 0 saturated carbocycles. The molecule has 3 heteroatoms. The van der Waals surface area contributed by atoms with Crippen molar-refractivity contribution in [1.29, 1.82) is 0 Å². The number of rotatable bonds is 2. The van der Waals surface area contributed by atoms with Crippen molar-refractivity contribution in [2.24, 2.45) is 11.7 Å². The smallest absolute Gasteiger partial charge is 0.0540 e. The molecule has 1 atom stereocenters. The SMILES string of the molecule is CC(C)Cn1ncc2c1CCCCC2N. The second-order valence-corrected chi connectivity index (χ2v) is 4.97. The van der Waals surface area contributed by atoms with Gasteiger partial charge in [-0.3, -0.25) is 4.68 Å². The summed E-state index contributed by atoms with van der Waals surface area (Å²) in [5.41, 5.74) is 8.81. The third-order valence-corrected chi connectivity index (χ3v) is 3.10. The Morgan fingerprint density at radius 3 is 3.07 bits per heavy atom. The lowest BCUT2D eigenvalue weighted by molar-refractivity contribution is 0.466. The Balaban J connectivity index is 2.27. The zero-order valence-electron chi connectivity index (χ0n) is 9.74. The Morgan fingerprint density at radius 2 is 2.33 bits per heavy atom. The van der Waals surface area contributed by atoms with E-state index in [0.29, 0.717) is 5.92 Å². The van der Waals surface area contributed by atoms with E-state index in [9.17, 15) is 0 Å². The molecule has 3 nitrogen and oxygen atoms in total. The molecule has 15 heavy (non-hydrogen) atoms. The molecule has 1 aliphatic carbocycles. The van der Waals surface area contributed by atoms with Gasteiger partial charge in [0, 0.05) is 23.8 Å². The zero-order valence-corrected chi connectivity index (χ0v) is 9.74. The van der Waals surface area contributed by atoms with Gasteiger partial charge >= 0.3 is 0 Å². The first kappa shape index (κ1) is 10.7. The monoisotopic (exact) mass is 207 g/mol. The van der Waals surface area contributed by atoms with Crippen LogP contribution in [0.15, 0.2) is 6.20 Å². The molecular weight excluding hydrogens is 186 g/mol. The maximum absolute atomic E-state index is 6.14. The van der Waals surface area contributed by atoms with Crippen LogP contribution < -0.4 is 5.73 Å². The van der Waals surface area contributed by atoms with Gasteiger partial charge in [-0.05, 0) is 25.2 Å². The molecule has 1 aromatic heterocycles. The fraction of sp³-hybridized carbons (Fsp3) is 0.750. The standard InChI is InChI=1S/C12H21N3/c1-9(2)8-15-12-6-4-3-5-11(13)10(12)7-14-15/h7,9,11H,3-6,8,13H2,1-2H3. The minimum absolute atomic E-state index is 0.211. The summed E-state index contributed by atoms with van der Waals surface area (Å²) in [6.45, 7) is 5.47. The number of aromatic nitrogens is 2. The lowest BCUT2D eigenvalue weighted by Crippen LogP contribution is -2.12. The third kappa shape index (κ3) is 2.23. The first-order valence-electron chi connectivity index (χ1n) is 5.98. The van der Waals surface area contributed by atoms with Gasteiger partial charge in [0.25, 0.3) is 0 Å². The van der Waals surface area contributed by atoms with Crippen molar-refractivity contribution in [2.75, 3.05) is 0 Å². The Hall–Kier alpha value is -0.830. The van der Waals surface area contributed by atoms with E-state index < -0.39 is 0 Å². The van der Waals surface area contributed by atoms with Crippen LogP contribution in [0.4, 0.5) is 0 Å². The Labute approximate surface area is 91.7 Å². The summed E-state index contributed by atoms with van der Waals surface area (Å²) >= 11 is 0. The predicted octanol–water partition coefficient (Wildman–Crippen LogP) is 2.27. The lowest BCUT2D eigenvalue weighted by atomic mass is 10.1. The van der Waals surface area contributed by atoms with Crippen molar-refractivity contribution in [2.45, 2.75) is 52.1 Å². The van der Waals surface area contributed by atoms with E-state index in [0.717, 1.165) is 19.4 Å². The van der Waals surface area contributed by atoms with Crippen LogP contribution >= 0.6 is 0 Å². The van der Waals surface area contributed by atoms with Crippen LogP contribution in [0.1, 0.15) is 50.4 Å². The quantitative estimate of drug-likeness (QED) is 0.756. The molecule has 0 radical (unpaired) electrons. The minimum atomic E-state index is 0.211. The normalized spacial score (nSPS) is 21.5. The van der Waals surface area contributed by atoms with Crippen molar-refractivity contribution < 1.29 is 0 Å². The molecule has 1 heterocycles. The van der Waals surface area contributed by atoms with Crippen LogP contribution in [0, 0.1) is 5.92 Å². The molecule has 0 spiro atoms. The van der Waals surface area contributed by atoms with Gasteiger partial charge in [0.1, 0.15) is 0 Å². The largest absolute Gasteiger partial charge is 0.324 e. The highest BCUT2D eigenvalue weighted by molar-refractivity contribution is 5.23. The second kappa shape index (κ2) is 4.35. The Morgan fingerprint density at radius 1 is 1.53 bits per heavy atom. The van der Waals surface area contributed by atoms with Crippen molar-refractivity contribution >= 4 is 0 Å². The molecule has 0 aromatic carbocycles. The maximum Gasteiger partial charge on any atom is 0.0540 e. The number of hydrogen-bond donors (Lipinski definition) is 1. The summed E-state index contributed by atoms with van der Waals surface area (Å²) in [5.74, 6) is 0.647. The third-order valence-electron chi connectivity index (χ3n) is 3.10. The van der Waals surface area contributed by atoms with E-state index in [2.05, 4.69) is 23.6 Å². The van der Waals surface area contributed by atoms with Crippen LogP contribution in [-0.4, -0.2) is 9.78 Å². The topological polar surface area (TPSA) is 43.8 Å². The molecule has 2 rings (SSSR count). The highest BCUT2D eigenvalue weighted by atomic mass is 15.3. The summed E-state index contributed by atoms with van der Waals surface area (Å²) in [6, 6.07) is 0.211. The fourth-order valence-electron chi connectivity index (χ4n) is 2.32. The highest BCUT2D eigenvalue weighted by Crippen LogP contribution is 2.26. The first-order valence-corrected chi connectivity index (χ1v) is 5.98. The molecule has 84 valence electrons. The molecule has 0 fully saturated rings. The summed E-state index contributed by atoms with van der Waals surface area (Å²) in [5, 5.41) is 4.47. The average molecular weight is 207 g/mol. The van der Waals surface area contributed by atoms with Gasteiger partial charge in [-0.1, -0.05) is 20.3 Å². The van der Waals surface area contributed by atoms with Gasteiger partial charge in [0.15, 0.2) is 0 Å². The summed E-state index contributed by atoms with van der Waals surface area (Å²) in [6.07, 6.45) is 6.74. The Bertz CT molecular complexity index is 328. The fourth-order valence-corrected chi connectivity index (χ4v) is 2.32. The summed E-state index contributed by atoms with van der Waals surface area (Å²) in [4.78, 5) is 0. The van der Waals surface area contributed by atoms with Crippen LogP contribution in [0.3, 0.4) is 0 Å². The average Bonchev–Trinajstić information content (AvgIpc) is 2.45. The molecule has 1 aromatic rings. The van der Waals surface area contributed by atoms with Crippen molar-refractivity contribution in [3.05, 3.63) is 17.5 Å². The van der Waals surface area contributed by atoms with Crippen molar-refractivity contribution in [1.82, 2.24) is 9.78 Å². The molecule has 0 aliphatic heterocycles. The van der Waals surface area contributed by atoms with Crippen LogP contribution in [0.2, 0.25) is 0 Å². The molecule has 2 N–H and O–H groups in total. The van der Waals surface area contributed by atoms with E-state index in [1.165, 1.54) is 24.1 Å². The van der Waals surface area contributed by atoms with Crippen molar-refractivity contribution in [3.63, 3.8) is 0 Å². The summed E-state index contributed by atoms with van der Waals surface area (Å²) < 4.78 is 2.16. The Kier molecular flexibility index (Phi) is 3.10. The number of fused-ring (bicyclic) bond motifs is 1. The predicted molar refractivity (Wildman–Crippen MR) is 61.5 cm³/mol. The van der Waals surface area contributed by atoms with Gasteiger partial charge < -0.3 is 5.73 Å². The van der Waals surface area contributed by atoms with E-state index in [4.69, 9.17) is 5.73 Å². The molecule has 1 unspecified atom stereocenters. The molecule has 0 bridgehead atoms. The highest BCUT2D eigenvalue weighted by Gasteiger charge is 2.19. The van der Waals surface area contributed by atoms with Crippen LogP contribution in [-0.2, 0) is 13.0 Å². The summed E-state index contributed by atoms with van der Waals surface area (Å²) in [7, 11) is 0. The maximum atomic E-state index is 6.14. The van der Waals surface area contributed by atoms with Gasteiger partial charge in [-0.25, -0.2) is 0 Å². The minimum Gasteiger partial charge on any atom is -0.324 e. The van der Waals surface area contributed by atoms with E-state index in [-0.39, 0.29) is 6.04 Å². The van der Waals surface area contributed by atoms with E-state index in [1.807, 2.05) is 6.20 Å². The van der Waals surface area contributed by atoms with Gasteiger partial charge in [-0.2, -0.15) is 5.10 Å². The number of hydrogen-bond acceptors (Lipinski definition) is 2. The van der Waals surface area contributed by atoms with E-state index in [1.54, 1.807) is 0 Å². The van der Waals surface area contributed by atoms with E-state index >= 15 is 0 Å².